The highest BCUT2D eigenvalue weighted by atomic mass is 16.4. The zero-order valence-corrected chi connectivity index (χ0v) is 10.4. The molecule has 0 aromatic carbocycles. The first kappa shape index (κ1) is 14.7. The van der Waals surface area contributed by atoms with Gasteiger partial charge in [-0.25, -0.2) is 0 Å². The molecule has 16 heavy (non-hydrogen) atoms. The summed E-state index contributed by atoms with van der Waals surface area (Å²) in [5.41, 5.74) is 0.605. The Balaban J connectivity index is 4.23. The van der Waals surface area contributed by atoms with Crippen molar-refractivity contribution in [2.24, 2.45) is 11.8 Å². The Labute approximate surface area is 96.7 Å². The van der Waals surface area contributed by atoms with Gasteiger partial charge in [0.05, 0.1) is 5.92 Å². The number of carbonyl (C=O) groups excluding carboxylic acids is 1. The highest BCUT2D eigenvalue weighted by molar-refractivity contribution is 5.92. The molecule has 0 heterocycles. The fourth-order valence-corrected chi connectivity index (χ4v) is 1.33. The van der Waals surface area contributed by atoms with E-state index in [4.69, 9.17) is 5.11 Å². The Morgan fingerprint density at radius 2 is 1.94 bits per heavy atom. The van der Waals surface area contributed by atoms with Gasteiger partial charge in [-0.2, -0.15) is 0 Å². The Bertz CT molecular complexity index is 282. The number of carbonyl (C=O) groups is 2. The average Bonchev–Trinajstić information content (AvgIpc) is 2.21. The van der Waals surface area contributed by atoms with Crippen LogP contribution in [-0.4, -0.2) is 23.5 Å². The van der Waals surface area contributed by atoms with Gasteiger partial charge in [0.1, 0.15) is 0 Å². The van der Waals surface area contributed by atoms with Crippen LogP contribution in [0.15, 0.2) is 11.6 Å². The maximum atomic E-state index is 11.4. The molecule has 0 aliphatic carbocycles. The van der Waals surface area contributed by atoms with Crippen molar-refractivity contribution in [2.45, 2.75) is 34.1 Å². The maximum Gasteiger partial charge on any atom is 0.308 e. The lowest BCUT2D eigenvalue weighted by Gasteiger charge is -2.15. The van der Waals surface area contributed by atoms with Crippen molar-refractivity contribution < 1.29 is 14.7 Å². The summed E-state index contributed by atoms with van der Waals surface area (Å²) < 4.78 is 0. The fraction of sp³-hybridized carbons (Fsp3) is 0.667. The number of hydrogen-bond acceptors (Lipinski definition) is 2. The van der Waals surface area contributed by atoms with Crippen LogP contribution in [0, 0.1) is 11.8 Å². The minimum atomic E-state index is -0.855. The standard InChI is InChI=1S/C12H21NO3/c1-5-9(4)11(14)13-7-10(12(15)16)6-8(2)3/h5,8,10H,6-7H2,1-4H3,(H,13,14)(H,15,16)/b9-5+/t10-/m0/s1. The lowest BCUT2D eigenvalue weighted by molar-refractivity contribution is -0.142. The molecule has 0 bridgehead atoms. The largest absolute Gasteiger partial charge is 0.481 e. The van der Waals surface area contributed by atoms with Crippen LogP contribution in [0.1, 0.15) is 34.1 Å². The molecule has 0 saturated carbocycles. The van der Waals surface area contributed by atoms with Gasteiger partial charge in [0.2, 0.25) is 5.91 Å². The smallest absolute Gasteiger partial charge is 0.308 e. The first-order valence-electron chi connectivity index (χ1n) is 5.52. The van der Waals surface area contributed by atoms with E-state index in [2.05, 4.69) is 5.32 Å². The number of aliphatic carboxylic acids is 1. The summed E-state index contributed by atoms with van der Waals surface area (Å²) in [5.74, 6) is -1.25. The predicted octanol–water partition coefficient (Wildman–Crippen LogP) is 1.82. The Morgan fingerprint density at radius 3 is 2.31 bits per heavy atom. The molecular formula is C12H21NO3. The van der Waals surface area contributed by atoms with Crippen LogP contribution >= 0.6 is 0 Å². The van der Waals surface area contributed by atoms with Crippen molar-refractivity contribution in [3.8, 4) is 0 Å². The van der Waals surface area contributed by atoms with Crippen molar-refractivity contribution in [1.82, 2.24) is 5.32 Å². The summed E-state index contributed by atoms with van der Waals surface area (Å²) in [6, 6.07) is 0. The molecular weight excluding hydrogens is 206 g/mol. The normalized spacial score (nSPS) is 13.7. The van der Waals surface area contributed by atoms with Crippen LogP contribution in [0.2, 0.25) is 0 Å². The molecule has 0 saturated heterocycles. The Morgan fingerprint density at radius 1 is 1.38 bits per heavy atom. The molecule has 0 rings (SSSR count). The molecule has 92 valence electrons. The molecule has 4 nitrogen and oxygen atoms in total. The summed E-state index contributed by atoms with van der Waals surface area (Å²) in [4.78, 5) is 22.3. The predicted molar refractivity (Wildman–Crippen MR) is 63.0 cm³/mol. The highest BCUT2D eigenvalue weighted by Gasteiger charge is 2.19. The molecule has 0 aliphatic rings. The molecule has 0 radical (unpaired) electrons. The molecule has 2 N–H and O–H groups in total. The molecule has 0 spiro atoms. The second-order valence-corrected chi connectivity index (χ2v) is 4.35. The summed E-state index contributed by atoms with van der Waals surface area (Å²) in [5, 5.41) is 11.6. The molecule has 0 unspecified atom stereocenters. The average molecular weight is 227 g/mol. The number of amides is 1. The summed E-state index contributed by atoms with van der Waals surface area (Å²) in [6.07, 6.45) is 2.28. The monoisotopic (exact) mass is 227 g/mol. The highest BCUT2D eigenvalue weighted by Crippen LogP contribution is 2.11. The van der Waals surface area contributed by atoms with Gasteiger partial charge in [0.15, 0.2) is 0 Å². The van der Waals surface area contributed by atoms with Crippen LogP contribution in [0.4, 0.5) is 0 Å². The van der Waals surface area contributed by atoms with Crippen molar-refractivity contribution in [2.75, 3.05) is 6.54 Å². The molecule has 4 heteroatoms. The minimum Gasteiger partial charge on any atom is -0.481 e. The summed E-state index contributed by atoms with van der Waals surface area (Å²) >= 11 is 0. The number of allylic oxidation sites excluding steroid dienone is 1. The van der Waals surface area contributed by atoms with E-state index in [1.165, 1.54) is 0 Å². The van der Waals surface area contributed by atoms with E-state index in [0.29, 0.717) is 17.9 Å². The van der Waals surface area contributed by atoms with Crippen LogP contribution < -0.4 is 5.32 Å². The molecule has 1 atom stereocenters. The van der Waals surface area contributed by atoms with Gasteiger partial charge in [-0.3, -0.25) is 9.59 Å². The second-order valence-electron chi connectivity index (χ2n) is 4.35. The summed E-state index contributed by atoms with van der Waals surface area (Å²) in [7, 11) is 0. The SMILES string of the molecule is C/C=C(\C)C(=O)NC[C@H](CC(C)C)C(=O)O. The van der Waals surface area contributed by atoms with Crippen LogP contribution in [0.25, 0.3) is 0 Å². The van der Waals surface area contributed by atoms with E-state index in [0.717, 1.165) is 0 Å². The molecule has 0 aliphatic heterocycles. The van der Waals surface area contributed by atoms with E-state index in [1.54, 1.807) is 19.9 Å². The van der Waals surface area contributed by atoms with Gasteiger partial charge in [0.25, 0.3) is 0 Å². The van der Waals surface area contributed by atoms with Crippen LogP contribution in [0.5, 0.6) is 0 Å². The first-order valence-corrected chi connectivity index (χ1v) is 5.52. The lowest BCUT2D eigenvalue weighted by atomic mass is 9.97. The quantitative estimate of drug-likeness (QED) is 0.680. The zero-order chi connectivity index (χ0) is 12.7. The summed E-state index contributed by atoms with van der Waals surface area (Å²) in [6.45, 7) is 7.60. The van der Waals surface area contributed by atoms with Crippen molar-refractivity contribution in [1.29, 1.82) is 0 Å². The second kappa shape index (κ2) is 7.04. The van der Waals surface area contributed by atoms with Gasteiger partial charge in [0, 0.05) is 12.1 Å². The number of nitrogens with one attached hydrogen (secondary N) is 1. The Kier molecular flexibility index (Phi) is 6.46. The van der Waals surface area contributed by atoms with Crippen LogP contribution in [0.3, 0.4) is 0 Å². The topological polar surface area (TPSA) is 66.4 Å². The zero-order valence-electron chi connectivity index (χ0n) is 10.4. The van der Waals surface area contributed by atoms with E-state index in [9.17, 15) is 9.59 Å². The van der Waals surface area contributed by atoms with Gasteiger partial charge in [-0.15, -0.1) is 0 Å². The third-order valence-corrected chi connectivity index (χ3v) is 2.41. The fourth-order valence-electron chi connectivity index (χ4n) is 1.33. The lowest BCUT2D eigenvalue weighted by Crippen LogP contribution is -2.34. The molecule has 0 aromatic heterocycles. The van der Waals surface area contributed by atoms with Crippen molar-refractivity contribution >= 4 is 11.9 Å². The number of carboxylic acids is 1. The third-order valence-electron chi connectivity index (χ3n) is 2.41. The van der Waals surface area contributed by atoms with E-state index in [1.807, 2.05) is 13.8 Å². The Hall–Kier alpha value is -1.32. The van der Waals surface area contributed by atoms with E-state index >= 15 is 0 Å². The minimum absolute atomic E-state index is 0.192. The number of carboxylic acid groups (broad SMARTS) is 1. The molecule has 0 fully saturated rings. The first-order chi connectivity index (χ1) is 7.38. The van der Waals surface area contributed by atoms with Crippen LogP contribution in [-0.2, 0) is 9.59 Å². The van der Waals surface area contributed by atoms with Crippen molar-refractivity contribution in [3.63, 3.8) is 0 Å². The molecule has 0 aromatic rings. The van der Waals surface area contributed by atoms with Gasteiger partial charge >= 0.3 is 5.97 Å². The maximum absolute atomic E-state index is 11.4. The van der Waals surface area contributed by atoms with Gasteiger partial charge in [-0.1, -0.05) is 19.9 Å². The third kappa shape index (κ3) is 5.53. The van der Waals surface area contributed by atoms with E-state index in [-0.39, 0.29) is 12.5 Å². The number of hydrogen-bond donors (Lipinski definition) is 2. The number of rotatable bonds is 6. The van der Waals surface area contributed by atoms with Crippen molar-refractivity contribution in [3.05, 3.63) is 11.6 Å². The van der Waals surface area contributed by atoms with E-state index < -0.39 is 11.9 Å². The van der Waals surface area contributed by atoms with Gasteiger partial charge < -0.3 is 10.4 Å². The molecule has 1 amide bonds. The van der Waals surface area contributed by atoms with Gasteiger partial charge in [-0.05, 0) is 26.2 Å².